The largest absolute Gasteiger partial charge is 0.478 e. The summed E-state index contributed by atoms with van der Waals surface area (Å²) in [5, 5.41) is 8.75. The third-order valence-corrected chi connectivity index (χ3v) is 5.36. The van der Waals surface area contributed by atoms with Crippen molar-refractivity contribution in [2.75, 3.05) is 25.4 Å². The molecule has 2 rings (SSSR count). The Balaban J connectivity index is 2.10. The second-order valence-corrected chi connectivity index (χ2v) is 7.25. The van der Waals surface area contributed by atoms with Gasteiger partial charge in [-0.05, 0) is 44.1 Å². The van der Waals surface area contributed by atoms with E-state index in [9.17, 15) is 17.6 Å². The summed E-state index contributed by atoms with van der Waals surface area (Å²) < 4.78 is 38.1. The van der Waals surface area contributed by atoms with E-state index in [0.717, 1.165) is 50.6 Å². The first-order valence-electron chi connectivity index (χ1n) is 6.88. The van der Waals surface area contributed by atoms with Crippen molar-refractivity contribution in [2.45, 2.75) is 24.2 Å². The molecule has 1 N–H and O–H groups in total. The number of likely N-dealkylation sites (tertiary alicyclic amines) is 1. The molecule has 1 aliphatic rings. The number of carboxylic acids is 1. The SMILES string of the molecule is O=C(O)c1ccc(S(=O)(=O)CCN2CCCCC2)c(F)c1. The number of rotatable bonds is 5. The minimum Gasteiger partial charge on any atom is -0.478 e. The minimum absolute atomic E-state index is 0.156. The number of carboxylic acid groups (broad SMARTS) is 1. The number of benzene rings is 1. The molecule has 1 aromatic rings. The molecule has 1 aliphatic heterocycles. The van der Waals surface area contributed by atoms with Crippen LogP contribution in [-0.2, 0) is 9.84 Å². The molecule has 0 bridgehead atoms. The molecule has 1 fully saturated rings. The van der Waals surface area contributed by atoms with E-state index in [0.29, 0.717) is 6.54 Å². The van der Waals surface area contributed by atoms with Crippen LogP contribution in [0.15, 0.2) is 23.1 Å². The molecule has 116 valence electrons. The van der Waals surface area contributed by atoms with E-state index >= 15 is 0 Å². The van der Waals surface area contributed by atoms with Gasteiger partial charge in [-0.3, -0.25) is 0 Å². The van der Waals surface area contributed by atoms with Crippen LogP contribution in [0.5, 0.6) is 0 Å². The van der Waals surface area contributed by atoms with Crippen molar-refractivity contribution in [1.82, 2.24) is 4.90 Å². The van der Waals surface area contributed by atoms with Gasteiger partial charge in [0.25, 0.3) is 0 Å². The van der Waals surface area contributed by atoms with Gasteiger partial charge in [0.2, 0.25) is 0 Å². The number of hydrogen-bond acceptors (Lipinski definition) is 4. The lowest BCUT2D eigenvalue weighted by Gasteiger charge is -2.26. The molecule has 0 spiro atoms. The number of piperidine rings is 1. The molecule has 0 atom stereocenters. The van der Waals surface area contributed by atoms with Crippen molar-refractivity contribution in [2.24, 2.45) is 0 Å². The van der Waals surface area contributed by atoms with Crippen molar-refractivity contribution >= 4 is 15.8 Å². The molecular formula is C14H18FNO4S. The third-order valence-electron chi connectivity index (χ3n) is 3.64. The van der Waals surface area contributed by atoms with Gasteiger partial charge in [0.05, 0.1) is 11.3 Å². The van der Waals surface area contributed by atoms with Crippen LogP contribution in [0.25, 0.3) is 0 Å². The van der Waals surface area contributed by atoms with E-state index in [4.69, 9.17) is 5.11 Å². The molecule has 0 unspecified atom stereocenters. The summed E-state index contributed by atoms with van der Waals surface area (Å²) in [6.07, 6.45) is 3.28. The van der Waals surface area contributed by atoms with Gasteiger partial charge in [-0.25, -0.2) is 17.6 Å². The molecular weight excluding hydrogens is 297 g/mol. The quantitative estimate of drug-likeness (QED) is 0.896. The average Bonchev–Trinajstić information content (AvgIpc) is 2.46. The van der Waals surface area contributed by atoms with Gasteiger partial charge in [-0.15, -0.1) is 0 Å². The molecule has 1 heterocycles. The monoisotopic (exact) mass is 315 g/mol. The Morgan fingerprint density at radius 2 is 1.90 bits per heavy atom. The minimum atomic E-state index is -3.74. The summed E-state index contributed by atoms with van der Waals surface area (Å²) in [5.74, 6) is -2.45. The number of halogens is 1. The fourth-order valence-corrected chi connectivity index (χ4v) is 3.78. The molecule has 5 nitrogen and oxygen atoms in total. The van der Waals surface area contributed by atoms with Gasteiger partial charge in [0.15, 0.2) is 9.84 Å². The van der Waals surface area contributed by atoms with E-state index in [-0.39, 0.29) is 11.3 Å². The van der Waals surface area contributed by atoms with E-state index in [1.807, 2.05) is 0 Å². The first-order valence-corrected chi connectivity index (χ1v) is 8.53. The predicted octanol–water partition coefficient (Wildman–Crippen LogP) is 1.78. The van der Waals surface area contributed by atoms with E-state index < -0.39 is 26.5 Å². The zero-order valence-electron chi connectivity index (χ0n) is 11.6. The van der Waals surface area contributed by atoms with Crippen molar-refractivity contribution in [1.29, 1.82) is 0 Å². The Bertz CT molecular complexity index is 624. The van der Waals surface area contributed by atoms with Crippen LogP contribution in [0.2, 0.25) is 0 Å². The zero-order chi connectivity index (χ0) is 15.5. The lowest BCUT2D eigenvalue weighted by Crippen LogP contribution is -2.34. The van der Waals surface area contributed by atoms with Gasteiger partial charge in [0, 0.05) is 6.54 Å². The summed E-state index contributed by atoms with van der Waals surface area (Å²) >= 11 is 0. The maximum absolute atomic E-state index is 13.8. The molecule has 7 heteroatoms. The van der Waals surface area contributed by atoms with Crippen LogP contribution < -0.4 is 0 Å². The number of carbonyl (C=O) groups is 1. The fraction of sp³-hybridized carbons (Fsp3) is 0.500. The van der Waals surface area contributed by atoms with Crippen LogP contribution in [0.4, 0.5) is 4.39 Å². The summed E-state index contributed by atoms with van der Waals surface area (Å²) in [5.41, 5.74) is -0.262. The zero-order valence-corrected chi connectivity index (χ0v) is 12.4. The summed E-state index contributed by atoms with van der Waals surface area (Å²) in [6.45, 7) is 2.12. The first kappa shape index (κ1) is 15.9. The third kappa shape index (κ3) is 4.01. The van der Waals surface area contributed by atoms with Crippen molar-refractivity contribution in [3.8, 4) is 0 Å². The molecule has 0 radical (unpaired) electrons. The molecule has 1 aromatic carbocycles. The van der Waals surface area contributed by atoms with E-state index in [2.05, 4.69) is 4.90 Å². The highest BCUT2D eigenvalue weighted by atomic mass is 32.2. The second-order valence-electron chi connectivity index (χ2n) is 5.17. The van der Waals surface area contributed by atoms with Gasteiger partial charge < -0.3 is 10.0 Å². The van der Waals surface area contributed by atoms with Crippen molar-refractivity contribution < 1.29 is 22.7 Å². The van der Waals surface area contributed by atoms with Crippen LogP contribution in [0.3, 0.4) is 0 Å². The Kier molecular flexibility index (Phi) is 4.95. The Hall–Kier alpha value is -1.47. The maximum atomic E-state index is 13.8. The van der Waals surface area contributed by atoms with Crippen LogP contribution in [0.1, 0.15) is 29.6 Å². The van der Waals surface area contributed by atoms with Crippen LogP contribution in [-0.4, -0.2) is 49.8 Å². The smallest absolute Gasteiger partial charge is 0.335 e. The highest BCUT2D eigenvalue weighted by Gasteiger charge is 2.22. The predicted molar refractivity (Wildman–Crippen MR) is 75.7 cm³/mol. The normalized spacial score (nSPS) is 16.8. The second kappa shape index (κ2) is 6.53. The van der Waals surface area contributed by atoms with Gasteiger partial charge >= 0.3 is 5.97 Å². The Morgan fingerprint density at radius 3 is 2.48 bits per heavy atom. The molecule has 0 saturated carbocycles. The summed E-state index contributed by atoms with van der Waals surface area (Å²) in [7, 11) is -3.74. The van der Waals surface area contributed by atoms with Gasteiger partial charge in [0.1, 0.15) is 10.7 Å². The average molecular weight is 315 g/mol. The highest BCUT2D eigenvalue weighted by Crippen LogP contribution is 2.18. The van der Waals surface area contributed by atoms with Crippen molar-refractivity contribution in [3.63, 3.8) is 0 Å². The van der Waals surface area contributed by atoms with Gasteiger partial charge in [-0.2, -0.15) is 0 Å². The van der Waals surface area contributed by atoms with Crippen LogP contribution in [0, 0.1) is 5.82 Å². The van der Waals surface area contributed by atoms with Gasteiger partial charge in [-0.1, -0.05) is 6.42 Å². The fourth-order valence-electron chi connectivity index (χ4n) is 2.43. The standard InChI is InChI=1S/C14H18FNO4S/c15-12-10-11(14(17)18)4-5-13(12)21(19,20)9-8-16-6-2-1-3-7-16/h4-5,10H,1-3,6-9H2,(H,17,18). The first-order chi connectivity index (χ1) is 9.90. The molecule has 0 amide bonds. The van der Waals surface area contributed by atoms with Crippen LogP contribution >= 0.6 is 0 Å². The van der Waals surface area contributed by atoms with E-state index in [1.165, 1.54) is 0 Å². The number of hydrogen-bond donors (Lipinski definition) is 1. The molecule has 0 aliphatic carbocycles. The summed E-state index contributed by atoms with van der Waals surface area (Å²) in [6, 6.07) is 2.89. The lowest BCUT2D eigenvalue weighted by molar-refractivity contribution is 0.0696. The number of sulfone groups is 1. The topological polar surface area (TPSA) is 74.7 Å². The lowest BCUT2D eigenvalue weighted by atomic mass is 10.1. The molecule has 1 saturated heterocycles. The Labute approximate surface area is 123 Å². The highest BCUT2D eigenvalue weighted by molar-refractivity contribution is 7.91. The molecule has 0 aromatic heterocycles. The Morgan fingerprint density at radius 1 is 1.24 bits per heavy atom. The number of aromatic carboxylic acids is 1. The number of nitrogens with zero attached hydrogens (tertiary/aromatic N) is 1. The van der Waals surface area contributed by atoms with Crippen molar-refractivity contribution in [3.05, 3.63) is 29.6 Å². The molecule has 21 heavy (non-hydrogen) atoms. The van der Waals surface area contributed by atoms with E-state index in [1.54, 1.807) is 0 Å². The summed E-state index contributed by atoms with van der Waals surface area (Å²) in [4.78, 5) is 12.4. The maximum Gasteiger partial charge on any atom is 0.335 e.